The summed E-state index contributed by atoms with van der Waals surface area (Å²) in [6.07, 6.45) is 1.23. The average Bonchev–Trinajstić information content (AvgIpc) is 3.24. The van der Waals surface area contributed by atoms with Gasteiger partial charge in [-0.05, 0) is 31.4 Å². The predicted octanol–water partition coefficient (Wildman–Crippen LogP) is 2.85. The molecule has 1 aliphatic heterocycles. The Morgan fingerprint density at radius 2 is 2.21 bits per heavy atom. The summed E-state index contributed by atoms with van der Waals surface area (Å²) in [5.41, 5.74) is 1.41. The molecular formula is C17H20N2O3S2. The number of rotatable bonds is 6. The maximum absolute atomic E-state index is 12.4. The molecule has 3 rings (SSSR count). The summed E-state index contributed by atoms with van der Waals surface area (Å²) in [7, 11) is 0. The molecule has 1 N–H and O–H groups in total. The number of nitrogens with one attached hydrogen (secondary N) is 1. The topological polar surface area (TPSA) is 67.8 Å². The van der Waals surface area contributed by atoms with Crippen LogP contribution in [0.4, 0.5) is 0 Å². The van der Waals surface area contributed by atoms with Crippen LogP contribution in [0.1, 0.15) is 35.7 Å². The summed E-state index contributed by atoms with van der Waals surface area (Å²) in [6, 6.07) is 7.62. The number of amides is 1. The van der Waals surface area contributed by atoms with Crippen molar-refractivity contribution >= 4 is 39.8 Å². The van der Waals surface area contributed by atoms with Crippen molar-refractivity contribution < 1.29 is 14.3 Å². The number of ether oxygens (including phenoxy) is 1. The highest BCUT2D eigenvalue weighted by atomic mass is 32.2. The first-order valence-corrected chi connectivity index (χ1v) is 10.00. The van der Waals surface area contributed by atoms with Crippen molar-refractivity contribution in [1.29, 1.82) is 0 Å². The summed E-state index contributed by atoms with van der Waals surface area (Å²) < 4.78 is 6.41. The quantitative estimate of drug-likeness (QED) is 0.786. The van der Waals surface area contributed by atoms with Gasteiger partial charge in [-0.1, -0.05) is 41.7 Å². The normalized spacial score (nSPS) is 18.0. The van der Waals surface area contributed by atoms with Crippen LogP contribution in [0.2, 0.25) is 0 Å². The summed E-state index contributed by atoms with van der Waals surface area (Å²) >= 11 is 3.38. The predicted molar refractivity (Wildman–Crippen MR) is 98.5 cm³/mol. The van der Waals surface area contributed by atoms with Gasteiger partial charge in [0.15, 0.2) is 6.10 Å². The molecule has 1 fully saturated rings. The lowest BCUT2D eigenvalue weighted by Crippen LogP contribution is -2.37. The monoisotopic (exact) mass is 364 g/mol. The first-order chi connectivity index (χ1) is 11.6. The fourth-order valence-corrected chi connectivity index (χ4v) is 4.22. The van der Waals surface area contributed by atoms with Gasteiger partial charge in [0.05, 0.1) is 12.1 Å². The van der Waals surface area contributed by atoms with E-state index in [-0.39, 0.29) is 11.9 Å². The Morgan fingerprint density at radius 3 is 2.92 bits per heavy atom. The van der Waals surface area contributed by atoms with Crippen LogP contribution < -0.4 is 5.32 Å². The Balaban J connectivity index is 1.59. The van der Waals surface area contributed by atoms with Crippen LogP contribution in [0.5, 0.6) is 0 Å². The number of hydrogen-bond acceptors (Lipinski definition) is 6. The van der Waals surface area contributed by atoms with Crippen LogP contribution in [0.15, 0.2) is 29.3 Å². The summed E-state index contributed by atoms with van der Waals surface area (Å²) in [4.78, 5) is 28.8. The molecule has 1 aromatic rings. The fraction of sp³-hybridized carbons (Fsp3) is 0.471. The van der Waals surface area contributed by atoms with E-state index in [1.54, 1.807) is 36.5 Å². The molecule has 1 aliphatic carbocycles. The number of carbonyl (C=O) groups is 2. The van der Waals surface area contributed by atoms with Gasteiger partial charge in [-0.3, -0.25) is 9.79 Å². The molecule has 2 aliphatic rings. The third-order valence-corrected chi connectivity index (χ3v) is 6.02. The van der Waals surface area contributed by atoms with Crippen molar-refractivity contribution in [3.63, 3.8) is 0 Å². The number of aliphatic imine (C=N–C) groups is 1. The van der Waals surface area contributed by atoms with Gasteiger partial charge < -0.3 is 10.1 Å². The Bertz CT molecular complexity index is 659. The third-order valence-electron chi connectivity index (χ3n) is 3.72. The second kappa shape index (κ2) is 8.07. The maximum atomic E-state index is 12.4. The van der Waals surface area contributed by atoms with Gasteiger partial charge in [-0.2, -0.15) is 0 Å². The zero-order valence-electron chi connectivity index (χ0n) is 13.5. The van der Waals surface area contributed by atoms with E-state index in [2.05, 4.69) is 10.3 Å². The summed E-state index contributed by atoms with van der Waals surface area (Å²) in [6.45, 7) is 2.47. The SMILES string of the molecule is C[C@H](OC(=O)c1ccccc1CSC1=NCCS1)C(=O)NC1CC1. The molecule has 5 nitrogen and oxygen atoms in total. The minimum Gasteiger partial charge on any atom is -0.449 e. The summed E-state index contributed by atoms with van der Waals surface area (Å²) in [5.74, 6) is 1.01. The molecular weight excluding hydrogens is 344 g/mol. The van der Waals surface area contributed by atoms with Gasteiger partial charge in [-0.25, -0.2) is 4.79 Å². The van der Waals surface area contributed by atoms with Crippen LogP contribution in [-0.4, -0.2) is 40.7 Å². The van der Waals surface area contributed by atoms with Crippen LogP contribution >= 0.6 is 23.5 Å². The van der Waals surface area contributed by atoms with Crippen LogP contribution in [-0.2, 0) is 15.3 Å². The molecule has 0 unspecified atom stereocenters. The van der Waals surface area contributed by atoms with E-state index in [4.69, 9.17) is 4.74 Å². The Labute approximate surface area is 150 Å². The molecule has 0 saturated heterocycles. The van der Waals surface area contributed by atoms with Crippen molar-refractivity contribution in [2.75, 3.05) is 12.3 Å². The zero-order valence-corrected chi connectivity index (χ0v) is 15.1. The van der Waals surface area contributed by atoms with E-state index >= 15 is 0 Å². The smallest absolute Gasteiger partial charge is 0.339 e. The number of hydrogen-bond donors (Lipinski definition) is 1. The number of benzene rings is 1. The van der Waals surface area contributed by atoms with Crippen LogP contribution in [0, 0.1) is 0 Å². The minimum atomic E-state index is -0.784. The average molecular weight is 364 g/mol. The van der Waals surface area contributed by atoms with Crippen molar-refractivity contribution in [3.05, 3.63) is 35.4 Å². The first-order valence-electron chi connectivity index (χ1n) is 8.03. The van der Waals surface area contributed by atoms with E-state index in [0.29, 0.717) is 11.3 Å². The fourth-order valence-electron chi connectivity index (χ4n) is 2.21. The molecule has 0 aromatic heterocycles. The molecule has 0 radical (unpaired) electrons. The second-order valence-corrected chi connectivity index (χ2v) is 8.08. The molecule has 0 spiro atoms. The number of nitrogens with zero attached hydrogens (tertiary/aromatic N) is 1. The van der Waals surface area contributed by atoms with E-state index in [0.717, 1.165) is 35.1 Å². The molecule has 1 amide bonds. The molecule has 1 heterocycles. The molecule has 0 bridgehead atoms. The van der Waals surface area contributed by atoms with Gasteiger partial charge in [0.2, 0.25) is 0 Å². The van der Waals surface area contributed by atoms with Crippen LogP contribution in [0.3, 0.4) is 0 Å². The Kier molecular flexibility index (Phi) is 5.84. The third kappa shape index (κ3) is 4.77. The Morgan fingerprint density at radius 1 is 1.42 bits per heavy atom. The van der Waals surface area contributed by atoms with Gasteiger partial charge in [0.1, 0.15) is 4.38 Å². The lowest BCUT2D eigenvalue weighted by atomic mass is 10.1. The van der Waals surface area contributed by atoms with Crippen molar-refractivity contribution in [1.82, 2.24) is 5.32 Å². The highest BCUT2D eigenvalue weighted by Crippen LogP contribution is 2.27. The zero-order chi connectivity index (χ0) is 16.9. The van der Waals surface area contributed by atoms with E-state index in [1.165, 1.54) is 0 Å². The van der Waals surface area contributed by atoms with E-state index in [1.807, 2.05) is 18.2 Å². The standard InChI is InChI=1S/C17H20N2O3S2/c1-11(15(20)19-13-6-7-13)22-16(21)14-5-3-2-4-12(14)10-24-17-18-8-9-23-17/h2-5,11,13H,6-10H2,1H3,(H,19,20)/t11-/m0/s1. The van der Waals surface area contributed by atoms with Gasteiger partial charge in [-0.15, -0.1) is 0 Å². The molecule has 1 atom stereocenters. The molecule has 7 heteroatoms. The summed E-state index contributed by atoms with van der Waals surface area (Å²) in [5, 5.41) is 2.85. The lowest BCUT2D eigenvalue weighted by Gasteiger charge is -2.14. The number of esters is 1. The van der Waals surface area contributed by atoms with E-state index < -0.39 is 12.1 Å². The minimum absolute atomic E-state index is 0.227. The van der Waals surface area contributed by atoms with Crippen LogP contribution in [0.25, 0.3) is 0 Å². The highest BCUT2D eigenvalue weighted by Gasteiger charge is 2.27. The number of thioether (sulfide) groups is 2. The van der Waals surface area contributed by atoms with E-state index in [9.17, 15) is 9.59 Å². The van der Waals surface area contributed by atoms with Gasteiger partial charge >= 0.3 is 5.97 Å². The molecule has 1 saturated carbocycles. The largest absolute Gasteiger partial charge is 0.449 e. The van der Waals surface area contributed by atoms with Crippen molar-refractivity contribution in [3.8, 4) is 0 Å². The highest BCUT2D eigenvalue weighted by molar-refractivity contribution is 8.38. The first kappa shape index (κ1) is 17.4. The maximum Gasteiger partial charge on any atom is 0.339 e. The molecule has 24 heavy (non-hydrogen) atoms. The van der Waals surface area contributed by atoms with Gasteiger partial charge in [0, 0.05) is 17.5 Å². The van der Waals surface area contributed by atoms with Gasteiger partial charge in [0.25, 0.3) is 5.91 Å². The second-order valence-electron chi connectivity index (χ2n) is 5.77. The molecule has 128 valence electrons. The van der Waals surface area contributed by atoms with Crippen molar-refractivity contribution in [2.24, 2.45) is 4.99 Å². The number of carbonyl (C=O) groups excluding carboxylic acids is 2. The lowest BCUT2D eigenvalue weighted by molar-refractivity contribution is -0.129. The van der Waals surface area contributed by atoms with Crippen molar-refractivity contribution in [2.45, 2.75) is 37.7 Å². The Hall–Kier alpha value is -1.47. The molecule has 1 aromatic carbocycles.